The van der Waals surface area contributed by atoms with Gasteiger partial charge in [0.2, 0.25) is 5.91 Å². The van der Waals surface area contributed by atoms with Crippen LogP contribution >= 0.6 is 22.9 Å². The second-order valence-electron chi connectivity index (χ2n) is 7.34. The van der Waals surface area contributed by atoms with E-state index in [0.717, 1.165) is 42.3 Å². The third-order valence-electron chi connectivity index (χ3n) is 4.84. The highest BCUT2D eigenvalue weighted by molar-refractivity contribution is 7.92. The molecule has 0 spiro atoms. The third kappa shape index (κ3) is 6.02. The number of rotatable bonds is 7. The number of amides is 2. The zero-order valence-electron chi connectivity index (χ0n) is 16.5. The number of hydrogen-bond acceptors (Lipinski definition) is 5. The van der Waals surface area contributed by atoms with Crippen LogP contribution in [0.4, 0.5) is 0 Å². The molecule has 3 rings (SSSR count). The lowest BCUT2D eigenvalue weighted by molar-refractivity contribution is -0.119. The highest BCUT2D eigenvalue weighted by Gasteiger charge is 2.23. The number of carbonyl (C=O) groups is 2. The first-order valence-corrected chi connectivity index (χ1v) is 12.8. The van der Waals surface area contributed by atoms with Crippen molar-refractivity contribution in [2.24, 2.45) is 4.99 Å². The Balaban J connectivity index is 1.73. The Kier molecular flexibility index (Phi) is 7.49. The van der Waals surface area contributed by atoms with Crippen molar-refractivity contribution >= 4 is 54.8 Å². The smallest absolute Gasteiger partial charge is 0.263 e. The quantitative estimate of drug-likeness (QED) is 0.630. The van der Waals surface area contributed by atoms with Crippen molar-refractivity contribution in [1.82, 2.24) is 9.88 Å². The number of nitrogens with one attached hydrogen (secondary N) is 1. The summed E-state index contributed by atoms with van der Waals surface area (Å²) in [5.41, 5.74) is 0.825. The van der Waals surface area contributed by atoms with Crippen LogP contribution in [0.2, 0.25) is 5.02 Å². The average molecular weight is 470 g/mol. The van der Waals surface area contributed by atoms with Gasteiger partial charge in [-0.05, 0) is 31.0 Å². The van der Waals surface area contributed by atoms with Crippen molar-refractivity contribution in [3.05, 3.63) is 40.7 Å². The van der Waals surface area contributed by atoms with Gasteiger partial charge in [0, 0.05) is 17.6 Å². The van der Waals surface area contributed by atoms with Gasteiger partial charge in [0.25, 0.3) is 5.91 Å². The molecule has 1 aliphatic carbocycles. The Hall–Kier alpha value is -1.97. The van der Waals surface area contributed by atoms with Gasteiger partial charge in [0.05, 0.1) is 10.2 Å². The highest BCUT2D eigenvalue weighted by atomic mass is 35.5. The van der Waals surface area contributed by atoms with E-state index in [1.807, 2.05) is 6.07 Å². The number of carbonyl (C=O) groups excluding carboxylic acids is 2. The normalized spacial score (nSPS) is 16.0. The van der Waals surface area contributed by atoms with E-state index in [2.05, 4.69) is 16.9 Å². The predicted molar refractivity (Wildman–Crippen MR) is 119 cm³/mol. The Morgan fingerprint density at radius 1 is 1.27 bits per heavy atom. The molecule has 2 amide bonds. The molecule has 0 aliphatic heterocycles. The van der Waals surface area contributed by atoms with Crippen LogP contribution in [0.15, 0.2) is 35.8 Å². The Morgan fingerprint density at radius 3 is 2.70 bits per heavy atom. The largest absolute Gasteiger partial charge is 0.352 e. The van der Waals surface area contributed by atoms with Crippen molar-refractivity contribution < 1.29 is 18.0 Å². The van der Waals surface area contributed by atoms with E-state index in [1.165, 1.54) is 11.3 Å². The molecule has 1 aromatic carbocycles. The van der Waals surface area contributed by atoms with Gasteiger partial charge in [-0.15, -0.1) is 6.58 Å². The SMILES string of the molecule is C=CCn1c(=NC(=O)CS(=O)(=O)CC(=O)NC2CCCCC2)sc2cc(Cl)ccc21. The molecule has 1 aromatic heterocycles. The van der Waals surface area contributed by atoms with Crippen LogP contribution in [-0.4, -0.2) is 42.3 Å². The van der Waals surface area contributed by atoms with E-state index in [-0.39, 0.29) is 6.04 Å². The minimum atomic E-state index is -3.91. The van der Waals surface area contributed by atoms with Crippen LogP contribution in [0.3, 0.4) is 0 Å². The first-order valence-electron chi connectivity index (χ1n) is 9.74. The highest BCUT2D eigenvalue weighted by Crippen LogP contribution is 2.22. The molecule has 0 bridgehead atoms. The molecule has 1 N–H and O–H groups in total. The Labute approximate surface area is 184 Å². The van der Waals surface area contributed by atoms with Crippen LogP contribution in [0, 0.1) is 0 Å². The van der Waals surface area contributed by atoms with E-state index in [1.54, 1.807) is 22.8 Å². The number of nitrogens with zero attached hydrogens (tertiary/aromatic N) is 2. The fourth-order valence-electron chi connectivity index (χ4n) is 3.53. The van der Waals surface area contributed by atoms with Gasteiger partial charge in [-0.2, -0.15) is 4.99 Å². The van der Waals surface area contributed by atoms with Gasteiger partial charge in [-0.1, -0.05) is 48.3 Å². The molecular weight excluding hydrogens is 446 g/mol. The standard InChI is InChI=1S/C20H24ClN3O4S2/c1-2-10-24-16-9-8-14(21)11-17(16)29-20(24)23-19(26)13-30(27,28)12-18(25)22-15-6-4-3-5-7-15/h2,8-9,11,15H,1,3-7,10,12-13H2,(H,22,25). The first kappa shape index (κ1) is 22.7. The summed E-state index contributed by atoms with van der Waals surface area (Å²) in [7, 11) is -3.91. The molecule has 0 atom stereocenters. The van der Waals surface area contributed by atoms with Gasteiger partial charge >= 0.3 is 0 Å². The summed E-state index contributed by atoms with van der Waals surface area (Å²) in [5.74, 6) is -2.89. The van der Waals surface area contributed by atoms with E-state index >= 15 is 0 Å². The summed E-state index contributed by atoms with van der Waals surface area (Å²) in [6, 6.07) is 5.33. The van der Waals surface area contributed by atoms with Gasteiger partial charge in [0.1, 0.15) is 11.5 Å². The van der Waals surface area contributed by atoms with Gasteiger partial charge in [-0.3, -0.25) is 9.59 Å². The Bertz CT molecular complexity index is 1130. The summed E-state index contributed by atoms with van der Waals surface area (Å²) in [5, 5.41) is 3.32. The number of allylic oxidation sites excluding steroid dienone is 1. The fourth-order valence-corrected chi connectivity index (χ4v) is 5.89. The van der Waals surface area contributed by atoms with Crippen molar-refractivity contribution in [3.8, 4) is 0 Å². The molecule has 30 heavy (non-hydrogen) atoms. The number of benzene rings is 1. The molecule has 162 valence electrons. The number of halogens is 1. The summed E-state index contributed by atoms with van der Waals surface area (Å²) < 4.78 is 27.3. The zero-order chi connectivity index (χ0) is 21.7. The lowest BCUT2D eigenvalue weighted by Gasteiger charge is -2.22. The van der Waals surface area contributed by atoms with Crippen LogP contribution in [0.1, 0.15) is 32.1 Å². The van der Waals surface area contributed by atoms with E-state index in [0.29, 0.717) is 16.4 Å². The topological polar surface area (TPSA) is 97.6 Å². The number of aromatic nitrogens is 1. The number of fused-ring (bicyclic) bond motifs is 1. The molecule has 1 heterocycles. The van der Waals surface area contributed by atoms with Gasteiger partial charge < -0.3 is 9.88 Å². The maximum absolute atomic E-state index is 12.4. The average Bonchev–Trinajstić information content (AvgIpc) is 2.97. The lowest BCUT2D eigenvalue weighted by Crippen LogP contribution is -2.40. The van der Waals surface area contributed by atoms with Crippen LogP contribution in [0.25, 0.3) is 10.2 Å². The minimum Gasteiger partial charge on any atom is -0.352 e. The number of hydrogen-bond donors (Lipinski definition) is 1. The predicted octanol–water partition coefficient (Wildman–Crippen LogP) is 2.83. The van der Waals surface area contributed by atoms with E-state index < -0.39 is 33.2 Å². The van der Waals surface area contributed by atoms with Crippen LogP contribution < -0.4 is 10.1 Å². The maximum Gasteiger partial charge on any atom is 0.263 e. The van der Waals surface area contributed by atoms with Crippen molar-refractivity contribution in [2.75, 3.05) is 11.5 Å². The van der Waals surface area contributed by atoms with Crippen molar-refractivity contribution in [3.63, 3.8) is 0 Å². The summed E-state index contributed by atoms with van der Waals surface area (Å²) >= 11 is 7.27. The van der Waals surface area contributed by atoms with Gasteiger partial charge in [-0.25, -0.2) is 8.42 Å². The third-order valence-corrected chi connectivity index (χ3v) is 7.51. The molecule has 10 heteroatoms. The molecule has 0 saturated heterocycles. The molecule has 2 aromatic rings. The molecule has 7 nitrogen and oxygen atoms in total. The lowest BCUT2D eigenvalue weighted by atomic mass is 9.95. The summed E-state index contributed by atoms with van der Waals surface area (Å²) in [6.45, 7) is 4.12. The molecule has 1 fully saturated rings. The molecule has 0 radical (unpaired) electrons. The monoisotopic (exact) mass is 469 g/mol. The molecular formula is C20H24ClN3O4S2. The molecule has 1 saturated carbocycles. The van der Waals surface area contributed by atoms with Crippen LogP contribution in [-0.2, 0) is 26.0 Å². The number of thiazole rings is 1. The van der Waals surface area contributed by atoms with E-state index in [4.69, 9.17) is 11.6 Å². The minimum absolute atomic E-state index is 0.0186. The summed E-state index contributed by atoms with van der Waals surface area (Å²) in [6.07, 6.45) is 6.58. The van der Waals surface area contributed by atoms with Crippen LogP contribution in [0.5, 0.6) is 0 Å². The fraction of sp³-hybridized carbons (Fsp3) is 0.450. The molecule has 1 aliphatic rings. The molecule has 0 unspecified atom stereocenters. The second kappa shape index (κ2) is 9.89. The Morgan fingerprint density at radius 2 is 2.00 bits per heavy atom. The number of sulfone groups is 1. The van der Waals surface area contributed by atoms with Gasteiger partial charge in [0.15, 0.2) is 14.6 Å². The first-order chi connectivity index (χ1) is 14.3. The van der Waals surface area contributed by atoms with E-state index in [9.17, 15) is 18.0 Å². The van der Waals surface area contributed by atoms with Crippen molar-refractivity contribution in [1.29, 1.82) is 0 Å². The zero-order valence-corrected chi connectivity index (χ0v) is 18.9. The maximum atomic E-state index is 12.4. The summed E-state index contributed by atoms with van der Waals surface area (Å²) in [4.78, 5) is 28.8. The van der Waals surface area contributed by atoms with Crippen molar-refractivity contribution in [2.45, 2.75) is 44.7 Å². The second-order valence-corrected chi connectivity index (χ2v) is 10.8.